The second kappa shape index (κ2) is 5.52. The van der Waals surface area contributed by atoms with Crippen molar-refractivity contribution in [3.8, 4) is 0 Å². The summed E-state index contributed by atoms with van der Waals surface area (Å²) in [6.07, 6.45) is 3.54. The number of hydrogen-bond donors (Lipinski definition) is 2. The minimum Gasteiger partial charge on any atom is -0.314 e. The Labute approximate surface area is 108 Å². The molecule has 2 heterocycles. The minimum atomic E-state index is 0.108. The summed E-state index contributed by atoms with van der Waals surface area (Å²) in [7, 11) is 0. The highest BCUT2D eigenvalue weighted by Crippen LogP contribution is 2.19. The van der Waals surface area contributed by atoms with Gasteiger partial charge in [0.05, 0.1) is 6.20 Å². The van der Waals surface area contributed by atoms with Gasteiger partial charge in [0.1, 0.15) is 5.82 Å². The second-order valence-electron chi connectivity index (χ2n) is 5.32. The van der Waals surface area contributed by atoms with E-state index in [0.29, 0.717) is 6.04 Å². The number of anilines is 1. The summed E-state index contributed by atoms with van der Waals surface area (Å²) in [6, 6.07) is 2.52. The molecule has 1 aliphatic rings. The number of hydrogen-bond acceptors (Lipinski definition) is 3. The number of rotatable bonds is 3. The van der Waals surface area contributed by atoms with Crippen LogP contribution in [0.15, 0.2) is 12.3 Å². The van der Waals surface area contributed by atoms with Gasteiger partial charge in [0.25, 0.3) is 0 Å². The van der Waals surface area contributed by atoms with Crippen molar-refractivity contribution in [2.75, 3.05) is 11.9 Å². The molecule has 0 aliphatic carbocycles. The summed E-state index contributed by atoms with van der Waals surface area (Å²) < 4.78 is 1.84. The van der Waals surface area contributed by atoms with E-state index in [9.17, 15) is 4.79 Å². The molecule has 2 N–H and O–H groups in total. The molecular weight excluding hydrogens is 228 g/mol. The fourth-order valence-corrected chi connectivity index (χ4v) is 2.42. The third-order valence-corrected chi connectivity index (χ3v) is 3.41. The lowest BCUT2D eigenvalue weighted by Crippen LogP contribution is -2.40. The lowest BCUT2D eigenvalue weighted by Gasteiger charge is -2.27. The van der Waals surface area contributed by atoms with Gasteiger partial charge in [-0.2, -0.15) is 5.10 Å². The maximum Gasteiger partial charge on any atom is 0.228 e. The van der Waals surface area contributed by atoms with Crippen molar-refractivity contribution < 1.29 is 4.79 Å². The van der Waals surface area contributed by atoms with Crippen molar-refractivity contribution in [2.24, 2.45) is 5.92 Å². The molecule has 0 bridgehead atoms. The first kappa shape index (κ1) is 13.1. The molecule has 1 amide bonds. The van der Waals surface area contributed by atoms with Crippen LogP contribution < -0.4 is 10.6 Å². The number of amides is 1. The highest BCUT2D eigenvalue weighted by molar-refractivity contribution is 5.91. The maximum absolute atomic E-state index is 12.2. The fraction of sp³-hybridized carbons (Fsp3) is 0.692. The van der Waals surface area contributed by atoms with E-state index in [2.05, 4.69) is 36.5 Å². The van der Waals surface area contributed by atoms with Crippen molar-refractivity contribution in [1.29, 1.82) is 0 Å². The van der Waals surface area contributed by atoms with Gasteiger partial charge in [0.15, 0.2) is 0 Å². The smallest absolute Gasteiger partial charge is 0.228 e. The molecule has 1 aliphatic heterocycles. The Morgan fingerprint density at radius 3 is 3.06 bits per heavy atom. The largest absolute Gasteiger partial charge is 0.314 e. The van der Waals surface area contributed by atoms with Crippen molar-refractivity contribution in [3.05, 3.63) is 12.3 Å². The summed E-state index contributed by atoms with van der Waals surface area (Å²) in [6.45, 7) is 7.14. The van der Waals surface area contributed by atoms with Gasteiger partial charge in [0.2, 0.25) is 5.91 Å². The van der Waals surface area contributed by atoms with E-state index < -0.39 is 0 Å². The summed E-state index contributed by atoms with van der Waals surface area (Å²) >= 11 is 0. The Bertz CT molecular complexity index is 413. The SMILES string of the molecule is CC(C)n1nccc1NC(=O)[C@H]1CCN[C@@H](C)C1. The van der Waals surface area contributed by atoms with Crippen molar-refractivity contribution in [2.45, 2.75) is 45.7 Å². The summed E-state index contributed by atoms with van der Waals surface area (Å²) in [5.74, 6) is 1.02. The predicted molar refractivity (Wildman–Crippen MR) is 71.4 cm³/mol. The van der Waals surface area contributed by atoms with Crippen LogP contribution >= 0.6 is 0 Å². The van der Waals surface area contributed by atoms with Crippen LogP contribution in [0.25, 0.3) is 0 Å². The van der Waals surface area contributed by atoms with Crippen molar-refractivity contribution in [1.82, 2.24) is 15.1 Å². The van der Waals surface area contributed by atoms with Crippen LogP contribution in [-0.2, 0) is 4.79 Å². The molecule has 1 fully saturated rings. The third-order valence-electron chi connectivity index (χ3n) is 3.41. The second-order valence-corrected chi connectivity index (χ2v) is 5.32. The molecule has 0 aromatic carbocycles. The number of aromatic nitrogens is 2. The quantitative estimate of drug-likeness (QED) is 0.860. The van der Waals surface area contributed by atoms with Crippen molar-refractivity contribution in [3.63, 3.8) is 0 Å². The summed E-state index contributed by atoms with van der Waals surface area (Å²) in [5, 5.41) is 10.6. The van der Waals surface area contributed by atoms with E-state index in [0.717, 1.165) is 25.2 Å². The molecule has 0 saturated carbocycles. The molecule has 1 aromatic rings. The molecule has 5 heteroatoms. The molecule has 5 nitrogen and oxygen atoms in total. The Hall–Kier alpha value is -1.36. The number of carbonyl (C=O) groups excluding carboxylic acids is 1. The monoisotopic (exact) mass is 250 g/mol. The molecule has 18 heavy (non-hydrogen) atoms. The van der Waals surface area contributed by atoms with E-state index in [4.69, 9.17) is 0 Å². The van der Waals surface area contributed by atoms with Gasteiger partial charge in [-0.15, -0.1) is 0 Å². The predicted octanol–water partition coefficient (Wildman–Crippen LogP) is 1.79. The van der Waals surface area contributed by atoms with E-state index in [-0.39, 0.29) is 17.9 Å². The maximum atomic E-state index is 12.2. The summed E-state index contributed by atoms with van der Waals surface area (Å²) in [4.78, 5) is 12.2. The molecule has 2 rings (SSSR count). The van der Waals surface area contributed by atoms with E-state index in [1.54, 1.807) is 6.20 Å². The first-order valence-corrected chi connectivity index (χ1v) is 6.65. The van der Waals surface area contributed by atoms with Crippen LogP contribution in [0, 0.1) is 5.92 Å². The van der Waals surface area contributed by atoms with Gasteiger partial charge >= 0.3 is 0 Å². The first-order chi connectivity index (χ1) is 8.58. The van der Waals surface area contributed by atoms with Gasteiger partial charge < -0.3 is 10.6 Å². The van der Waals surface area contributed by atoms with E-state index in [1.807, 2.05) is 10.7 Å². The lowest BCUT2D eigenvalue weighted by molar-refractivity contribution is -0.120. The van der Waals surface area contributed by atoms with Gasteiger partial charge in [-0.25, -0.2) is 4.68 Å². The van der Waals surface area contributed by atoms with E-state index >= 15 is 0 Å². The van der Waals surface area contributed by atoms with Crippen LogP contribution in [0.2, 0.25) is 0 Å². The third kappa shape index (κ3) is 2.90. The number of piperidine rings is 1. The van der Waals surface area contributed by atoms with Gasteiger partial charge in [-0.05, 0) is 40.2 Å². The molecule has 2 atom stereocenters. The molecule has 1 aromatic heterocycles. The molecule has 0 radical (unpaired) electrons. The lowest BCUT2D eigenvalue weighted by atomic mass is 9.92. The summed E-state index contributed by atoms with van der Waals surface area (Å²) in [5.41, 5.74) is 0. The van der Waals surface area contributed by atoms with Crippen LogP contribution in [0.3, 0.4) is 0 Å². The highest BCUT2D eigenvalue weighted by atomic mass is 16.2. The molecule has 0 unspecified atom stereocenters. The van der Waals surface area contributed by atoms with Gasteiger partial charge in [-0.1, -0.05) is 0 Å². The molecular formula is C13H22N4O. The number of nitrogens with zero attached hydrogens (tertiary/aromatic N) is 2. The van der Waals surface area contributed by atoms with Gasteiger partial charge in [0, 0.05) is 24.1 Å². The molecule has 100 valence electrons. The Morgan fingerprint density at radius 2 is 2.39 bits per heavy atom. The molecule has 0 spiro atoms. The van der Waals surface area contributed by atoms with Gasteiger partial charge in [-0.3, -0.25) is 4.79 Å². The average molecular weight is 250 g/mol. The Kier molecular flexibility index (Phi) is 4.01. The van der Waals surface area contributed by atoms with Crippen LogP contribution in [-0.4, -0.2) is 28.3 Å². The zero-order valence-electron chi connectivity index (χ0n) is 11.3. The zero-order valence-corrected chi connectivity index (χ0v) is 11.3. The van der Waals surface area contributed by atoms with Crippen molar-refractivity contribution >= 4 is 11.7 Å². The standard InChI is InChI=1S/C13H22N4O/c1-9(2)17-12(5-7-15-17)16-13(18)11-4-6-14-10(3)8-11/h5,7,9-11,14H,4,6,8H2,1-3H3,(H,16,18)/t10-,11-/m0/s1. The van der Waals surface area contributed by atoms with Crippen LogP contribution in [0.5, 0.6) is 0 Å². The number of nitrogens with one attached hydrogen (secondary N) is 2. The molecule has 1 saturated heterocycles. The Morgan fingerprint density at radius 1 is 1.61 bits per heavy atom. The zero-order chi connectivity index (χ0) is 13.1. The fourth-order valence-electron chi connectivity index (χ4n) is 2.42. The highest BCUT2D eigenvalue weighted by Gasteiger charge is 2.25. The van der Waals surface area contributed by atoms with E-state index in [1.165, 1.54) is 0 Å². The van der Waals surface area contributed by atoms with Crippen LogP contribution in [0.1, 0.15) is 39.7 Å². The number of carbonyl (C=O) groups is 1. The van der Waals surface area contributed by atoms with Crippen LogP contribution in [0.4, 0.5) is 5.82 Å². The normalized spacial score (nSPS) is 24.2. The average Bonchev–Trinajstić information content (AvgIpc) is 2.77. The first-order valence-electron chi connectivity index (χ1n) is 6.65. The Balaban J connectivity index is 2.00. The topological polar surface area (TPSA) is 59.0 Å². The minimum absolute atomic E-state index is 0.108.